The van der Waals surface area contributed by atoms with Crippen LogP contribution in [0.5, 0.6) is 0 Å². The molecular weight excluding hydrogens is 236 g/mol. The summed E-state index contributed by atoms with van der Waals surface area (Å²) in [5, 5.41) is 0. The second kappa shape index (κ2) is 7.05. The molecule has 3 aliphatic heterocycles. The molecule has 0 aromatic rings. The van der Waals surface area contributed by atoms with Crippen molar-refractivity contribution in [2.45, 2.75) is 64.5 Å². The third kappa shape index (κ3) is 3.71. The van der Waals surface area contributed by atoms with Gasteiger partial charge in [0.15, 0.2) is 0 Å². The highest BCUT2D eigenvalue weighted by Crippen LogP contribution is 2.40. The van der Waals surface area contributed by atoms with Gasteiger partial charge in [0.05, 0.1) is 13.2 Å². The van der Waals surface area contributed by atoms with Crippen molar-refractivity contribution in [3.8, 4) is 0 Å². The topological polar surface area (TPSA) is 15.7 Å². The highest BCUT2D eigenvalue weighted by Gasteiger charge is 2.42. The lowest BCUT2D eigenvalue weighted by Gasteiger charge is -2.30. The van der Waals surface area contributed by atoms with Gasteiger partial charge in [0.1, 0.15) is 0 Å². The van der Waals surface area contributed by atoms with Gasteiger partial charge in [-0.3, -0.25) is 9.80 Å². The van der Waals surface area contributed by atoms with Gasteiger partial charge >= 0.3 is 0 Å². The molecule has 19 heavy (non-hydrogen) atoms. The summed E-state index contributed by atoms with van der Waals surface area (Å²) >= 11 is 0. The first-order valence-corrected chi connectivity index (χ1v) is 8.25. The minimum absolute atomic E-state index is 0.681. The van der Waals surface area contributed by atoms with Gasteiger partial charge in [0, 0.05) is 24.7 Å². The summed E-state index contributed by atoms with van der Waals surface area (Å²) in [7, 11) is 0. The van der Waals surface area contributed by atoms with Crippen LogP contribution in [-0.4, -0.2) is 60.8 Å². The first kappa shape index (κ1) is 15.3. The molecule has 0 bridgehead atoms. The van der Waals surface area contributed by atoms with Crippen LogP contribution in [0.25, 0.3) is 0 Å². The molecule has 0 aromatic carbocycles. The van der Waals surface area contributed by atoms with E-state index in [2.05, 4.69) is 30.6 Å². The average molecular weight is 268 g/mol. The van der Waals surface area contributed by atoms with Crippen LogP contribution < -0.4 is 0 Å². The molecule has 0 radical (unpaired) electrons. The molecule has 0 aromatic heterocycles. The molecule has 3 heteroatoms. The molecule has 0 spiro atoms. The van der Waals surface area contributed by atoms with Crippen LogP contribution in [-0.2, 0) is 4.74 Å². The highest BCUT2D eigenvalue weighted by molar-refractivity contribution is 4.98. The summed E-state index contributed by atoms with van der Waals surface area (Å²) < 4.78 is 5.21. The molecule has 3 nitrogen and oxygen atoms in total. The predicted molar refractivity (Wildman–Crippen MR) is 80.6 cm³/mol. The number of nitrogens with zero attached hydrogens (tertiary/aromatic N) is 2. The smallest absolute Gasteiger partial charge is 0.0594 e. The molecule has 0 N–H and O–H groups in total. The fraction of sp³-hybridized carbons (Fsp3) is 1.00. The number of rotatable bonds is 2. The Hall–Kier alpha value is -0.120. The molecule has 3 saturated heterocycles. The van der Waals surface area contributed by atoms with Gasteiger partial charge < -0.3 is 4.74 Å². The maximum absolute atomic E-state index is 5.21. The lowest BCUT2D eigenvalue weighted by molar-refractivity contribution is 0.0238. The molecular formula is C16H32N2O. The van der Waals surface area contributed by atoms with Crippen LogP contribution in [0.15, 0.2) is 0 Å². The third-order valence-corrected chi connectivity index (χ3v) is 5.25. The quantitative estimate of drug-likeness (QED) is 0.766. The predicted octanol–water partition coefficient (Wildman–Crippen LogP) is 2.75. The second-order valence-corrected chi connectivity index (χ2v) is 6.51. The Morgan fingerprint density at radius 1 is 1.00 bits per heavy atom. The van der Waals surface area contributed by atoms with Crippen molar-refractivity contribution in [1.29, 1.82) is 0 Å². The normalized spacial score (nSPS) is 27.2. The molecule has 0 saturated carbocycles. The Bertz CT molecular complexity index is 251. The van der Waals surface area contributed by atoms with Crippen LogP contribution in [0.4, 0.5) is 0 Å². The molecule has 0 aliphatic carbocycles. The zero-order chi connectivity index (χ0) is 13.7. The van der Waals surface area contributed by atoms with E-state index in [1.165, 1.54) is 45.2 Å². The zero-order valence-electron chi connectivity index (χ0n) is 13.2. The van der Waals surface area contributed by atoms with Crippen molar-refractivity contribution in [3.05, 3.63) is 0 Å². The molecule has 112 valence electrons. The van der Waals surface area contributed by atoms with E-state index in [1.54, 1.807) is 0 Å². The van der Waals surface area contributed by atoms with Crippen LogP contribution in [0, 0.1) is 0 Å². The van der Waals surface area contributed by atoms with Gasteiger partial charge in [-0.05, 0) is 59.0 Å². The minimum atomic E-state index is 0.681. The lowest BCUT2D eigenvalue weighted by atomic mass is 9.91. The highest BCUT2D eigenvalue weighted by atomic mass is 16.5. The fourth-order valence-electron chi connectivity index (χ4n) is 3.90. The van der Waals surface area contributed by atoms with Crippen LogP contribution in [0.2, 0.25) is 0 Å². The second-order valence-electron chi connectivity index (χ2n) is 6.51. The van der Waals surface area contributed by atoms with Gasteiger partial charge in [-0.1, -0.05) is 6.92 Å². The van der Waals surface area contributed by atoms with E-state index in [1.807, 2.05) is 0 Å². The first-order chi connectivity index (χ1) is 9.18. The van der Waals surface area contributed by atoms with Crippen molar-refractivity contribution in [1.82, 2.24) is 9.80 Å². The molecule has 0 amide bonds. The van der Waals surface area contributed by atoms with Crippen LogP contribution in [0.1, 0.15) is 52.9 Å². The average Bonchev–Trinajstić information content (AvgIpc) is 3.00. The monoisotopic (exact) mass is 268 g/mol. The number of hydrogen-bond acceptors (Lipinski definition) is 3. The number of morpholine rings is 1. The Labute approximate surface area is 119 Å². The standard InChI is InChI=1S/C9H17N.C7H15NO/c1-2-9-5-3-7-10(9)8-4-6-9;1-7(2)8-3-5-9-6-4-8/h2-8H2,1H3;7H,3-6H2,1-2H3. The summed E-state index contributed by atoms with van der Waals surface area (Å²) in [5.74, 6) is 0. The van der Waals surface area contributed by atoms with Gasteiger partial charge in [-0.2, -0.15) is 0 Å². The summed E-state index contributed by atoms with van der Waals surface area (Å²) in [6.45, 7) is 13.6. The fourth-order valence-corrected chi connectivity index (χ4v) is 3.90. The van der Waals surface area contributed by atoms with E-state index in [4.69, 9.17) is 4.74 Å². The summed E-state index contributed by atoms with van der Waals surface area (Å²) in [6, 6.07) is 0.689. The Balaban J connectivity index is 0.000000141. The maximum atomic E-state index is 5.21. The van der Waals surface area contributed by atoms with E-state index in [0.717, 1.165) is 26.3 Å². The molecule has 3 fully saturated rings. The van der Waals surface area contributed by atoms with E-state index in [9.17, 15) is 0 Å². The van der Waals surface area contributed by atoms with Gasteiger partial charge in [0.2, 0.25) is 0 Å². The van der Waals surface area contributed by atoms with E-state index >= 15 is 0 Å². The Kier molecular flexibility index (Phi) is 5.67. The number of hydrogen-bond donors (Lipinski definition) is 0. The molecule has 3 heterocycles. The van der Waals surface area contributed by atoms with Crippen LogP contribution in [0.3, 0.4) is 0 Å². The Morgan fingerprint density at radius 3 is 1.95 bits per heavy atom. The van der Waals surface area contributed by atoms with Crippen molar-refractivity contribution in [2.75, 3.05) is 39.4 Å². The lowest BCUT2D eigenvalue weighted by Crippen LogP contribution is -2.40. The molecule has 0 unspecified atom stereocenters. The van der Waals surface area contributed by atoms with Crippen molar-refractivity contribution < 1.29 is 4.74 Å². The molecule has 0 atom stereocenters. The van der Waals surface area contributed by atoms with Gasteiger partial charge in [-0.15, -0.1) is 0 Å². The summed E-state index contributed by atoms with van der Waals surface area (Å²) in [4.78, 5) is 5.15. The van der Waals surface area contributed by atoms with Crippen molar-refractivity contribution in [3.63, 3.8) is 0 Å². The SMILES string of the molecule is CC(C)N1CCOCC1.CCC12CCCN1CCC2. The van der Waals surface area contributed by atoms with Crippen molar-refractivity contribution in [2.24, 2.45) is 0 Å². The van der Waals surface area contributed by atoms with E-state index < -0.39 is 0 Å². The van der Waals surface area contributed by atoms with Crippen molar-refractivity contribution >= 4 is 0 Å². The van der Waals surface area contributed by atoms with Gasteiger partial charge in [0.25, 0.3) is 0 Å². The van der Waals surface area contributed by atoms with Crippen LogP contribution >= 0.6 is 0 Å². The minimum Gasteiger partial charge on any atom is -0.379 e. The maximum Gasteiger partial charge on any atom is 0.0594 e. The molecule has 3 aliphatic rings. The third-order valence-electron chi connectivity index (χ3n) is 5.25. The largest absolute Gasteiger partial charge is 0.379 e. The van der Waals surface area contributed by atoms with E-state index in [0.29, 0.717) is 11.6 Å². The van der Waals surface area contributed by atoms with E-state index in [-0.39, 0.29) is 0 Å². The summed E-state index contributed by atoms with van der Waals surface area (Å²) in [5.41, 5.74) is 0.681. The zero-order valence-corrected chi connectivity index (χ0v) is 13.2. The number of ether oxygens (including phenoxy) is 1. The first-order valence-electron chi connectivity index (χ1n) is 8.25. The molecule has 3 rings (SSSR count). The summed E-state index contributed by atoms with van der Waals surface area (Å²) in [6.07, 6.45) is 7.24. The van der Waals surface area contributed by atoms with Gasteiger partial charge in [-0.25, -0.2) is 0 Å². The number of fused-ring (bicyclic) bond motifs is 1. The Morgan fingerprint density at radius 2 is 1.58 bits per heavy atom.